The number of fused-ring (bicyclic) bond motifs is 1. The van der Waals surface area contributed by atoms with E-state index in [4.69, 9.17) is 19.2 Å². The molecular formula is C41H50N8O7. The molecule has 4 N–H and O–H groups in total. The van der Waals surface area contributed by atoms with Crippen LogP contribution < -0.4 is 10.6 Å². The summed E-state index contributed by atoms with van der Waals surface area (Å²) < 4.78 is 14.9. The molecule has 0 spiro atoms. The molecule has 6 atom stereocenters. The normalized spacial score (nSPS) is 18.8. The van der Waals surface area contributed by atoms with Crippen molar-refractivity contribution in [2.75, 3.05) is 34.4 Å². The highest BCUT2D eigenvalue weighted by Crippen LogP contribution is 2.34. The van der Waals surface area contributed by atoms with Gasteiger partial charge >= 0.3 is 12.2 Å². The lowest BCUT2D eigenvalue weighted by molar-refractivity contribution is -0.137. The number of carbonyl (C=O) groups excluding carboxylic acids is 4. The Bertz CT molecular complexity index is 2100. The van der Waals surface area contributed by atoms with E-state index < -0.39 is 30.4 Å². The third kappa shape index (κ3) is 8.65. The van der Waals surface area contributed by atoms with E-state index in [9.17, 15) is 19.2 Å². The van der Waals surface area contributed by atoms with Crippen molar-refractivity contribution in [3.05, 3.63) is 71.4 Å². The van der Waals surface area contributed by atoms with Crippen LogP contribution in [0.5, 0.6) is 0 Å². The number of likely N-dealkylation sites (tertiary alicyclic amines) is 2. The highest BCUT2D eigenvalue weighted by Gasteiger charge is 2.40. The molecule has 15 heteroatoms. The van der Waals surface area contributed by atoms with Gasteiger partial charge in [-0.05, 0) is 74.4 Å². The number of hydrogen-bond donors (Lipinski definition) is 4. The molecule has 4 heterocycles. The maximum Gasteiger partial charge on any atom is 0.407 e. The van der Waals surface area contributed by atoms with Crippen LogP contribution in [0, 0.1) is 17.8 Å². The molecule has 296 valence electrons. The van der Waals surface area contributed by atoms with E-state index in [0.717, 1.165) is 65.5 Å². The number of benzene rings is 2. The van der Waals surface area contributed by atoms with Gasteiger partial charge in [-0.3, -0.25) is 9.59 Å². The average molecular weight is 767 g/mol. The highest BCUT2D eigenvalue weighted by molar-refractivity contribution is 5.87. The van der Waals surface area contributed by atoms with Crippen LogP contribution in [0.1, 0.15) is 87.7 Å². The molecule has 15 nitrogen and oxygen atoms in total. The first-order valence-electron chi connectivity index (χ1n) is 19.0. The lowest BCUT2D eigenvalue weighted by Crippen LogP contribution is -2.54. The molecule has 2 aliphatic heterocycles. The Morgan fingerprint density at radius 3 is 2.04 bits per heavy atom. The molecule has 2 aliphatic rings. The van der Waals surface area contributed by atoms with Crippen LogP contribution in [0.2, 0.25) is 0 Å². The van der Waals surface area contributed by atoms with Gasteiger partial charge in [-0.15, -0.1) is 0 Å². The van der Waals surface area contributed by atoms with Crippen molar-refractivity contribution in [1.82, 2.24) is 40.4 Å². The van der Waals surface area contributed by atoms with Crippen LogP contribution in [0.15, 0.2) is 48.7 Å². The number of amides is 4. The van der Waals surface area contributed by atoms with Gasteiger partial charge < -0.3 is 44.6 Å². The fraction of sp³-hybridized carbons (Fsp3) is 0.463. The van der Waals surface area contributed by atoms with E-state index >= 15 is 0 Å². The quantitative estimate of drug-likeness (QED) is 0.149. The number of alkyl carbamates (subject to hydrolysis) is 2. The van der Waals surface area contributed by atoms with E-state index in [1.807, 2.05) is 61.2 Å². The van der Waals surface area contributed by atoms with Crippen molar-refractivity contribution in [3.8, 4) is 23.1 Å². The zero-order chi connectivity index (χ0) is 39.9. The highest BCUT2D eigenvalue weighted by atomic mass is 16.5. The number of H-pyrrole nitrogens is 2. The number of methoxy groups -OCH3 is 3. The topological polar surface area (TPSA) is 184 Å². The van der Waals surface area contributed by atoms with Gasteiger partial charge in [0.15, 0.2) is 0 Å². The number of carbonyl (C=O) groups is 4. The van der Waals surface area contributed by atoms with E-state index in [2.05, 4.69) is 37.4 Å². The molecule has 1 unspecified atom stereocenters. The maximum atomic E-state index is 13.7. The fourth-order valence-corrected chi connectivity index (χ4v) is 7.35. The van der Waals surface area contributed by atoms with E-state index in [-0.39, 0.29) is 29.8 Å². The van der Waals surface area contributed by atoms with E-state index in [1.54, 1.807) is 18.0 Å². The summed E-state index contributed by atoms with van der Waals surface area (Å²) in [5, 5.41) is 5.35. The second-order valence-corrected chi connectivity index (χ2v) is 14.3. The van der Waals surface area contributed by atoms with Gasteiger partial charge in [-0.2, -0.15) is 0 Å². The fourth-order valence-electron chi connectivity index (χ4n) is 7.35. The Balaban J connectivity index is 1.12. The zero-order valence-corrected chi connectivity index (χ0v) is 32.7. The Labute approximate surface area is 326 Å². The Kier molecular flexibility index (Phi) is 12.6. The predicted molar refractivity (Wildman–Crippen MR) is 208 cm³/mol. The summed E-state index contributed by atoms with van der Waals surface area (Å²) in [6, 6.07) is 11.6. The van der Waals surface area contributed by atoms with Gasteiger partial charge in [0.2, 0.25) is 11.8 Å². The molecule has 56 heavy (non-hydrogen) atoms. The molecule has 6 rings (SSSR count). The number of rotatable bonds is 11. The first-order valence-corrected chi connectivity index (χ1v) is 19.0. The smallest absolute Gasteiger partial charge is 0.407 e. The van der Waals surface area contributed by atoms with Crippen LogP contribution in [-0.2, 0) is 23.8 Å². The Hall–Kier alpha value is -5.88. The summed E-state index contributed by atoms with van der Waals surface area (Å²) >= 11 is 0. The number of ether oxygens (including phenoxy) is 3. The molecule has 0 aliphatic carbocycles. The summed E-state index contributed by atoms with van der Waals surface area (Å²) in [6.45, 7) is 6.78. The molecule has 2 fully saturated rings. The maximum absolute atomic E-state index is 13.7. The molecule has 0 saturated carbocycles. The van der Waals surface area contributed by atoms with E-state index in [1.165, 1.54) is 21.3 Å². The molecule has 4 amide bonds. The molecule has 2 aromatic heterocycles. The minimum atomic E-state index is -0.901. The summed E-state index contributed by atoms with van der Waals surface area (Å²) in [4.78, 5) is 71.2. The molecule has 2 saturated heterocycles. The lowest BCUT2D eigenvalue weighted by atomic mass is 9.97. The second kappa shape index (κ2) is 17.7. The molecule has 2 aromatic carbocycles. The third-order valence-corrected chi connectivity index (χ3v) is 10.8. The van der Waals surface area contributed by atoms with Gasteiger partial charge in [0.1, 0.15) is 23.7 Å². The summed E-state index contributed by atoms with van der Waals surface area (Å²) in [6.07, 6.45) is 3.75. The van der Waals surface area contributed by atoms with Crippen molar-refractivity contribution in [2.24, 2.45) is 5.92 Å². The van der Waals surface area contributed by atoms with Gasteiger partial charge in [0.25, 0.3) is 0 Å². The second-order valence-electron chi connectivity index (χ2n) is 14.3. The van der Waals surface area contributed by atoms with Crippen LogP contribution >= 0.6 is 0 Å². The third-order valence-electron chi connectivity index (χ3n) is 10.8. The Morgan fingerprint density at radius 2 is 1.41 bits per heavy atom. The minimum Gasteiger partial charge on any atom is -0.453 e. The summed E-state index contributed by atoms with van der Waals surface area (Å²) in [7, 11) is 4.04. The first-order chi connectivity index (χ1) is 27.0. The van der Waals surface area contributed by atoms with Gasteiger partial charge in [0.05, 0.1) is 55.3 Å². The lowest BCUT2D eigenvalue weighted by Gasteiger charge is -2.30. The standard InChI is InChI=1S/C41H50N8O7/c1-7-24(2)34(46-40(52)55-5)38(50)49-21-9-11-33(49)37-43-29-19-16-27(22-30(29)44-37)13-12-26-14-17-28(18-15-26)31-23-42-36(45-31)32-10-8-20-48(32)39(51)35(25(3)54-4)47-41(53)56-6/h14-19,22-25,32-35H,7-11,20-21H2,1-6H3,(H,42,45)(H,43,44)(H,46,52)(H,47,53)/t24-,25+,32-,33-,34?,35-/m0/s1. The van der Waals surface area contributed by atoms with Gasteiger partial charge in [0, 0.05) is 31.3 Å². The van der Waals surface area contributed by atoms with Crippen LogP contribution in [-0.4, -0.2) is 106 Å². The molecule has 4 aromatic rings. The van der Waals surface area contributed by atoms with Crippen LogP contribution in [0.3, 0.4) is 0 Å². The Morgan fingerprint density at radius 1 is 0.821 bits per heavy atom. The molecule has 0 bridgehead atoms. The monoisotopic (exact) mass is 766 g/mol. The molecular weight excluding hydrogens is 716 g/mol. The van der Waals surface area contributed by atoms with Crippen LogP contribution in [0.25, 0.3) is 22.3 Å². The summed E-state index contributed by atoms with van der Waals surface area (Å²) in [5.41, 5.74) is 4.99. The largest absolute Gasteiger partial charge is 0.453 e. The molecule has 0 radical (unpaired) electrons. The predicted octanol–water partition coefficient (Wildman–Crippen LogP) is 5.21. The van der Waals surface area contributed by atoms with Crippen molar-refractivity contribution >= 4 is 35.0 Å². The number of aromatic amines is 2. The number of imidazole rings is 2. The zero-order valence-electron chi connectivity index (χ0n) is 32.7. The number of nitrogens with one attached hydrogen (secondary N) is 4. The summed E-state index contributed by atoms with van der Waals surface area (Å²) in [5.74, 6) is 7.43. The number of hydrogen-bond acceptors (Lipinski definition) is 9. The SMILES string of the molecule is CC[C@H](C)C(NC(=O)OC)C(=O)N1CCC[C@H]1c1nc2ccc(C#Cc3ccc(-c4cnc([C@@H]5CCCN5C(=O)[C@@H](NC(=O)OC)[C@@H](C)OC)[nH]4)cc3)cc2[nH]1. The van der Waals surface area contributed by atoms with E-state index in [0.29, 0.717) is 24.7 Å². The van der Waals surface area contributed by atoms with Crippen molar-refractivity contribution in [3.63, 3.8) is 0 Å². The number of aromatic nitrogens is 4. The first kappa shape index (κ1) is 39.8. The average Bonchev–Trinajstić information content (AvgIpc) is 4.06. The van der Waals surface area contributed by atoms with Gasteiger partial charge in [-0.1, -0.05) is 44.2 Å². The number of nitrogens with zero attached hydrogens (tertiary/aromatic N) is 4. The minimum absolute atomic E-state index is 0.0648. The van der Waals surface area contributed by atoms with Crippen molar-refractivity contribution < 1.29 is 33.4 Å². The van der Waals surface area contributed by atoms with Crippen LogP contribution in [0.4, 0.5) is 9.59 Å². The van der Waals surface area contributed by atoms with Crippen molar-refractivity contribution in [2.45, 2.75) is 83.1 Å². The van der Waals surface area contributed by atoms with Gasteiger partial charge in [-0.25, -0.2) is 19.6 Å². The van der Waals surface area contributed by atoms with Crippen molar-refractivity contribution in [1.29, 1.82) is 0 Å².